The van der Waals surface area contributed by atoms with Gasteiger partial charge in [-0.3, -0.25) is 10.1 Å². The fourth-order valence-electron chi connectivity index (χ4n) is 1.25. The molecule has 2 aromatic heterocycles. The molecule has 0 bridgehead atoms. The van der Waals surface area contributed by atoms with Gasteiger partial charge < -0.3 is 5.32 Å². The molecule has 1 N–H and O–H groups in total. The van der Waals surface area contributed by atoms with Gasteiger partial charge in [-0.2, -0.15) is 0 Å². The van der Waals surface area contributed by atoms with Gasteiger partial charge >= 0.3 is 5.69 Å². The van der Waals surface area contributed by atoms with Crippen LogP contribution in [0.2, 0.25) is 0 Å². The highest BCUT2D eigenvalue weighted by molar-refractivity contribution is 7.11. The van der Waals surface area contributed by atoms with Crippen molar-refractivity contribution < 1.29 is 4.92 Å². The Morgan fingerprint density at radius 1 is 1.41 bits per heavy atom. The summed E-state index contributed by atoms with van der Waals surface area (Å²) in [5.74, 6) is 0.390. The molecule has 0 saturated heterocycles. The number of rotatable bonds is 4. The first-order chi connectivity index (χ1) is 8.15. The number of aromatic nitrogens is 2. The molecule has 0 fully saturated rings. The Kier molecular flexibility index (Phi) is 3.29. The summed E-state index contributed by atoms with van der Waals surface area (Å²) in [7, 11) is 0. The number of aryl methyl sites for hydroxylation is 1. The molecule has 0 aromatic carbocycles. The van der Waals surface area contributed by atoms with E-state index in [-0.39, 0.29) is 5.69 Å². The van der Waals surface area contributed by atoms with E-state index in [0.29, 0.717) is 12.5 Å². The van der Waals surface area contributed by atoms with Crippen LogP contribution in [0.5, 0.6) is 0 Å². The van der Waals surface area contributed by atoms with Crippen molar-refractivity contribution in [3.05, 3.63) is 44.4 Å². The van der Waals surface area contributed by atoms with Crippen LogP contribution in [-0.2, 0) is 6.54 Å². The average Bonchev–Trinajstić information content (AvgIpc) is 2.73. The molecule has 17 heavy (non-hydrogen) atoms. The summed E-state index contributed by atoms with van der Waals surface area (Å²) in [6, 6.07) is 4.07. The van der Waals surface area contributed by atoms with E-state index in [9.17, 15) is 10.1 Å². The fraction of sp³-hybridized carbons (Fsp3) is 0.200. The second-order valence-corrected chi connectivity index (χ2v) is 4.76. The highest BCUT2D eigenvalue weighted by Gasteiger charge is 2.06. The minimum Gasteiger partial charge on any atom is -0.349 e. The maximum absolute atomic E-state index is 10.4. The largest absolute Gasteiger partial charge is 0.349 e. The molecule has 0 spiro atoms. The van der Waals surface area contributed by atoms with Crippen LogP contribution >= 0.6 is 11.3 Å². The van der Waals surface area contributed by atoms with Gasteiger partial charge in [0.1, 0.15) is 12.4 Å². The summed E-state index contributed by atoms with van der Waals surface area (Å²) in [5, 5.41) is 13.4. The Morgan fingerprint density at radius 3 is 2.65 bits per heavy atom. The molecular weight excluding hydrogens is 240 g/mol. The predicted molar refractivity (Wildman–Crippen MR) is 65.1 cm³/mol. The topological polar surface area (TPSA) is 81.0 Å². The number of anilines is 1. The quantitative estimate of drug-likeness (QED) is 0.665. The summed E-state index contributed by atoms with van der Waals surface area (Å²) in [6.45, 7) is 2.66. The third-order valence-electron chi connectivity index (χ3n) is 2.07. The maximum atomic E-state index is 10.4. The van der Waals surface area contributed by atoms with Gasteiger partial charge in [0.05, 0.1) is 11.5 Å². The molecule has 0 aliphatic carbocycles. The zero-order chi connectivity index (χ0) is 12.3. The van der Waals surface area contributed by atoms with Crippen LogP contribution in [-0.4, -0.2) is 14.9 Å². The monoisotopic (exact) mass is 250 g/mol. The van der Waals surface area contributed by atoms with Gasteiger partial charge in [-0.05, 0) is 19.1 Å². The van der Waals surface area contributed by atoms with Crippen LogP contribution < -0.4 is 5.32 Å². The van der Waals surface area contributed by atoms with E-state index in [1.54, 1.807) is 11.3 Å². The van der Waals surface area contributed by atoms with Crippen molar-refractivity contribution in [1.29, 1.82) is 0 Å². The maximum Gasteiger partial charge on any atom is 0.305 e. The van der Waals surface area contributed by atoms with Gasteiger partial charge in [-0.1, -0.05) is 0 Å². The molecule has 0 unspecified atom stereocenters. The molecule has 0 aliphatic rings. The zero-order valence-electron chi connectivity index (χ0n) is 9.08. The first kappa shape index (κ1) is 11.5. The predicted octanol–water partition coefficient (Wildman–Crippen LogP) is 2.37. The van der Waals surface area contributed by atoms with E-state index < -0.39 is 4.92 Å². The van der Waals surface area contributed by atoms with E-state index in [2.05, 4.69) is 15.3 Å². The van der Waals surface area contributed by atoms with E-state index >= 15 is 0 Å². The van der Waals surface area contributed by atoms with Crippen molar-refractivity contribution in [2.45, 2.75) is 13.5 Å². The third-order valence-corrected chi connectivity index (χ3v) is 3.07. The van der Waals surface area contributed by atoms with Crippen LogP contribution in [0.25, 0.3) is 0 Å². The van der Waals surface area contributed by atoms with E-state index in [1.807, 2.05) is 19.1 Å². The van der Waals surface area contributed by atoms with Crippen LogP contribution in [0.1, 0.15) is 9.75 Å². The average molecular weight is 250 g/mol. The normalized spacial score (nSPS) is 10.2. The van der Waals surface area contributed by atoms with Gasteiger partial charge in [0.2, 0.25) is 5.95 Å². The van der Waals surface area contributed by atoms with Crippen LogP contribution in [0.3, 0.4) is 0 Å². The zero-order valence-corrected chi connectivity index (χ0v) is 9.90. The van der Waals surface area contributed by atoms with Crippen molar-refractivity contribution in [3.8, 4) is 0 Å². The Hall–Kier alpha value is -2.02. The van der Waals surface area contributed by atoms with E-state index in [4.69, 9.17) is 0 Å². The Balaban J connectivity index is 1.97. The third kappa shape index (κ3) is 2.97. The van der Waals surface area contributed by atoms with Crippen LogP contribution in [0.15, 0.2) is 24.5 Å². The SMILES string of the molecule is Cc1ccc(CNc2ncc([N+](=O)[O-])cn2)s1. The number of nitrogens with zero attached hydrogens (tertiary/aromatic N) is 3. The highest BCUT2D eigenvalue weighted by atomic mass is 32.1. The van der Waals surface area contributed by atoms with Gasteiger partial charge in [0.25, 0.3) is 0 Å². The van der Waals surface area contributed by atoms with Gasteiger partial charge in [0.15, 0.2) is 0 Å². The lowest BCUT2D eigenvalue weighted by atomic mass is 10.4. The molecule has 2 aromatic rings. The molecule has 0 saturated carbocycles. The lowest BCUT2D eigenvalue weighted by molar-refractivity contribution is -0.385. The second kappa shape index (κ2) is 4.88. The molecule has 2 heterocycles. The van der Waals surface area contributed by atoms with Crippen LogP contribution in [0, 0.1) is 17.0 Å². The minimum absolute atomic E-state index is 0.109. The van der Waals surface area contributed by atoms with Crippen molar-refractivity contribution in [1.82, 2.24) is 9.97 Å². The molecule has 2 rings (SSSR count). The standard InChI is InChI=1S/C10H10N4O2S/c1-7-2-3-9(17-7)6-13-10-11-4-8(5-12-10)14(15)16/h2-5H,6H2,1H3,(H,11,12,13). The van der Waals surface area contributed by atoms with Crippen LogP contribution in [0.4, 0.5) is 11.6 Å². The van der Waals surface area contributed by atoms with E-state index in [1.165, 1.54) is 22.1 Å². The van der Waals surface area contributed by atoms with Crippen molar-refractivity contribution in [3.63, 3.8) is 0 Å². The molecule has 7 heteroatoms. The molecular formula is C10H10N4O2S. The first-order valence-electron chi connectivity index (χ1n) is 4.91. The Bertz CT molecular complexity index is 523. The number of nitro groups is 1. The minimum atomic E-state index is -0.521. The number of hydrogen-bond acceptors (Lipinski definition) is 6. The lowest BCUT2D eigenvalue weighted by Gasteiger charge is -2.01. The van der Waals surface area contributed by atoms with E-state index in [0.717, 1.165) is 0 Å². The van der Waals surface area contributed by atoms with Gasteiger partial charge in [-0.15, -0.1) is 11.3 Å². The summed E-state index contributed by atoms with van der Waals surface area (Å²) in [5.41, 5.74) is -0.109. The second-order valence-electron chi connectivity index (χ2n) is 3.39. The molecule has 0 radical (unpaired) electrons. The number of thiophene rings is 1. The Labute approximate surface area is 102 Å². The summed E-state index contributed by atoms with van der Waals surface area (Å²) < 4.78 is 0. The Morgan fingerprint density at radius 2 is 2.12 bits per heavy atom. The molecule has 0 aliphatic heterocycles. The van der Waals surface area contributed by atoms with Crippen molar-refractivity contribution in [2.24, 2.45) is 0 Å². The smallest absolute Gasteiger partial charge is 0.305 e. The molecule has 88 valence electrons. The van der Waals surface area contributed by atoms with Crippen molar-refractivity contribution >= 4 is 23.0 Å². The first-order valence-corrected chi connectivity index (χ1v) is 5.72. The van der Waals surface area contributed by atoms with Crippen molar-refractivity contribution in [2.75, 3.05) is 5.32 Å². The molecule has 0 amide bonds. The highest BCUT2D eigenvalue weighted by Crippen LogP contribution is 2.16. The summed E-state index contributed by atoms with van der Waals surface area (Å²) in [4.78, 5) is 20.0. The number of hydrogen-bond donors (Lipinski definition) is 1. The lowest BCUT2D eigenvalue weighted by Crippen LogP contribution is -2.02. The molecule has 0 atom stereocenters. The summed E-state index contributed by atoms with van der Waals surface area (Å²) >= 11 is 1.69. The van der Waals surface area contributed by atoms with Gasteiger partial charge in [-0.25, -0.2) is 9.97 Å². The summed E-state index contributed by atoms with van der Waals surface area (Å²) in [6.07, 6.45) is 2.38. The van der Waals surface area contributed by atoms with Gasteiger partial charge in [0, 0.05) is 9.75 Å². The molecule has 6 nitrogen and oxygen atoms in total. The number of nitrogens with one attached hydrogen (secondary N) is 1. The fourth-order valence-corrected chi connectivity index (χ4v) is 2.08.